The normalized spacial score (nSPS) is 40.8. The van der Waals surface area contributed by atoms with Crippen LogP contribution in [-0.2, 0) is 0 Å². The zero-order chi connectivity index (χ0) is 27.5. The molecule has 5 aliphatic rings. The molecule has 5 saturated carbocycles. The van der Waals surface area contributed by atoms with Crippen LogP contribution in [0, 0.1) is 59.2 Å². The van der Waals surface area contributed by atoms with Crippen molar-refractivity contribution in [3.8, 4) is 0 Å². The molecule has 0 bridgehead atoms. The van der Waals surface area contributed by atoms with E-state index in [-0.39, 0.29) is 11.2 Å². The van der Waals surface area contributed by atoms with E-state index >= 15 is 0 Å². The Morgan fingerprint density at radius 3 is 0.900 bits per heavy atom. The maximum Gasteiger partial charge on any atom is 0 e. The molecule has 5 fully saturated rings. The lowest BCUT2D eigenvalue weighted by Gasteiger charge is -2.41. The quantitative estimate of drug-likeness (QED) is 0.280. The summed E-state index contributed by atoms with van der Waals surface area (Å²) in [5, 5.41) is 0. The summed E-state index contributed by atoms with van der Waals surface area (Å²) in [7, 11) is 0. The first-order valence-corrected chi connectivity index (χ1v) is 19.1. The fraction of sp³-hybridized carbons (Fsp3) is 1.00. The Balaban J connectivity index is 0. The van der Waals surface area contributed by atoms with Crippen LogP contribution in [0.15, 0.2) is 0 Å². The second-order valence-corrected chi connectivity index (χ2v) is 16.0. The van der Waals surface area contributed by atoms with Gasteiger partial charge in [-0.1, -0.05) is 111 Å². The summed E-state index contributed by atoms with van der Waals surface area (Å²) in [6.07, 6.45) is 38.4. The highest BCUT2D eigenvalue weighted by molar-refractivity contribution is 4.86. The van der Waals surface area contributed by atoms with Crippen LogP contribution in [-0.4, -0.2) is 5.48 Å². The maximum absolute atomic E-state index is 2.43. The Bertz CT molecular complexity index is 588. The molecule has 0 unspecified atom stereocenters. The van der Waals surface area contributed by atoms with E-state index in [1.54, 1.807) is 103 Å². The highest BCUT2D eigenvalue weighted by atomic mass is 16.0. The summed E-state index contributed by atoms with van der Waals surface area (Å²) in [6, 6.07) is 0. The fourth-order valence-electron chi connectivity index (χ4n) is 10.6. The van der Waals surface area contributed by atoms with Gasteiger partial charge in [-0.05, 0) is 136 Å². The molecule has 5 aliphatic carbocycles. The van der Waals surface area contributed by atoms with Gasteiger partial charge in [-0.2, -0.15) is 0 Å². The lowest BCUT2D eigenvalue weighted by atomic mass is 9.64. The monoisotopic (exact) mass is 567 g/mol. The van der Waals surface area contributed by atoms with Crippen molar-refractivity contribution < 1.29 is 11.2 Å². The lowest BCUT2D eigenvalue weighted by Crippen LogP contribution is -2.29. The second kappa shape index (κ2) is 18.6. The van der Waals surface area contributed by atoms with E-state index in [4.69, 9.17) is 0 Å². The van der Waals surface area contributed by atoms with Gasteiger partial charge in [-0.3, -0.25) is 0 Å². The molecule has 0 radical (unpaired) electrons. The summed E-state index contributed by atoms with van der Waals surface area (Å²) in [6.45, 7) is 9.53. The van der Waals surface area contributed by atoms with Gasteiger partial charge < -0.3 is 5.48 Å². The van der Waals surface area contributed by atoms with Crippen molar-refractivity contribution in [1.82, 2.24) is 0 Å². The van der Waals surface area contributed by atoms with Gasteiger partial charge >= 0.3 is 0 Å². The Labute approximate surface area is 258 Å². The van der Waals surface area contributed by atoms with Crippen LogP contribution in [0.2, 0.25) is 0 Å². The summed E-state index contributed by atoms with van der Waals surface area (Å²) in [5.41, 5.74) is 0. The summed E-state index contributed by atoms with van der Waals surface area (Å²) < 4.78 is 0. The molecule has 0 aliphatic heterocycles. The third-order valence-electron chi connectivity index (χ3n) is 13.5. The first-order valence-electron chi connectivity index (χ1n) is 19.1. The van der Waals surface area contributed by atoms with E-state index in [1.165, 1.54) is 57.8 Å². The molecule has 1 nitrogen and oxygen atoms in total. The molecule has 5 rings (SSSR count). The first kappa shape index (κ1) is 34.5. The van der Waals surface area contributed by atoms with Crippen LogP contribution in [0.4, 0.5) is 0 Å². The predicted molar refractivity (Wildman–Crippen MR) is 185 cm³/mol. The van der Waals surface area contributed by atoms with Gasteiger partial charge in [0.05, 0.1) is 0 Å². The minimum absolute atomic E-state index is 0. The molecular weight excluding hydrogens is 484 g/mol. The molecule has 0 spiro atoms. The van der Waals surface area contributed by atoms with E-state index in [0.717, 1.165) is 59.2 Å². The van der Waals surface area contributed by atoms with Crippen LogP contribution in [0.25, 0.3) is 0 Å². The fourth-order valence-corrected chi connectivity index (χ4v) is 10.6. The van der Waals surface area contributed by atoms with E-state index < -0.39 is 0 Å². The minimum Gasteiger partial charge on any atom is -0.412 e. The Morgan fingerprint density at radius 2 is 0.625 bits per heavy atom. The molecule has 0 heterocycles. The Hall–Kier alpha value is -0.0400. The largest absolute Gasteiger partial charge is 0.412 e. The van der Waals surface area contributed by atoms with E-state index in [2.05, 4.69) is 27.7 Å². The van der Waals surface area contributed by atoms with E-state index in [0.29, 0.717) is 0 Å². The Morgan fingerprint density at radius 1 is 0.375 bits per heavy atom. The summed E-state index contributed by atoms with van der Waals surface area (Å²) in [5.74, 6) is 10.9. The predicted octanol–water partition coefficient (Wildman–Crippen LogP) is 13.2. The first-order chi connectivity index (χ1) is 19.1. The van der Waals surface area contributed by atoms with Gasteiger partial charge in [0, 0.05) is 5.71 Å². The molecule has 2 N–H and O–H groups in total. The molecule has 40 heavy (non-hydrogen) atoms. The molecule has 1 heteroatoms. The van der Waals surface area contributed by atoms with Crippen molar-refractivity contribution >= 4 is 0 Å². The third-order valence-corrected chi connectivity index (χ3v) is 13.5. The van der Waals surface area contributed by atoms with E-state index in [1.807, 2.05) is 0 Å². The van der Waals surface area contributed by atoms with Crippen LogP contribution < -0.4 is 0 Å². The van der Waals surface area contributed by atoms with Gasteiger partial charge in [0.1, 0.15) is 0 Å². The molecular formula is C39H82O. The lowest BCUT2D eigenvalue weighted by molar-refractivity contribution is 0.102. The smallest absolute Gasteiger partial charge is 0 e. The van der Waals surface area contributed by atoms with Crippen LogP contribution in [0.5, 0.6) is 0 Å². The van der Waals surface area contributed by atoms with Crippen LogP contribution in [0.1, 0.15) is 194 Å². The number of rotatable bonds is 8. The topological polar surface area (TPSA) is 31.5 Å². The maximum atomic E-state index is 2.43. The van der Waals surface area contributed by atoms with Crippen molar-refractivity contribution in [2.45, 2.75) is 188 Å². The third kappa shape index (κ3) is 10.6. The van der Waals surface area contributed by atoms with Crippen molar-refractivity contribution in [3.63, 3.8) is 0 Å². The standard InChI is InChI=1S/C24H44.C15H28.H2O.4H2/c1-3-5-19-7-11-21(12-8-19)23-15-17-24(18-16-23)22-13-9-20(6-4-2)10-14-22;1-3-13-6-10-15(11-7-13)14-8-4-12(2)5-9-14;;;;;/h19-24H,3-18H2,1-2H3;12-15H,3-11H2,1-2H3;1H2;4*1H. The van der Waals surface area contributed by atoms with Crippen LogP contribution in [0.3, 0.4) is 0 Å². The van der Waals surface area contributed by atoms with E-state index in [9.17, 15) is 0 Å². The van der Waals surface area contributed by atoms with Crippen molar-refractivity contribution in [1.29, 1.82) is 0 Å². The molecule has 0 saturated heterocycles. The number of hydrogen-bond donors (Lipinski definition) is 0. The van der Waals surface area contributed by atoms with Gasteiger partial charge in [0.25, 0.3) is 0 Å². The highest BCUT2D eigenvalue weighted by Crippen LogP contribution is 2.47. The average molecular weight is 567 g/mol. The van der Waals surface area contributed by atoms with Gasteiger partial charge in [-0.15, -0.1) is 0 Å². The van der Waals surface area contributed by atoms with Gasteiger partial charge in [0.2, 0.25) is 0 Å². The summed E-state index contributed by atoms with van der Waals surface area (Å²) >= 11 is 0. The highest BCUT2D eigenvalue weighted by Gasteiger charge is 2.34. The second-order valence-electron chi connectivity index (χ2n) is 16.0. The van der Waals surface area contributed by atoms with Gasteiger partial charge in [0.15, 0.2) is 0 Å². The molecule has 0 aromatic carbocycles. The number of hydrogen-bond acceptors (Lipinski definition) is 0. The Kier molecular flexibility index (Phi) is 16.0. The molecule has 0 aromatic heterocycles. The SMILES string of the molecule is CCC1CCC(C2CCC(C)CC2)CC1.CCCC1CCC(C2CCC(C3CCC(CCC)CC3)CC2)CC1.O.[HH].[HH].[HH].[HH]. The van der Waals surface area contributed by atoms with Gasteiger partial charge in [-0.25, -0.2) is 0 Å². The molecule has 0 aromatic rings. The van der Waals surface area contributed by atoms with Crippen molar-refractivity contribution in [3.05, 3.63) is 0 Å². The molecule has 0 amide bonds. The molecule has 244 valence electrons. The average Bonchev–Trinajstić information content (AvgIpc) is 2.99. The zero-order valence-electron chi connectivity index (χ0n) is 28.0. The molecule has 0 atom stereocenters. The van der Waals surface area contributed by atoms with Crippen molar-refractivity contribution in [2.75, 3.05) is 0 Å². The minimum atomic E-state index is 0. The van der Waals surface area contributed by atoms with Crippen molar-refractivity contribution in [2.24, 2.45) is 59.2 Å². The zero-order valence-corrected chi connectivity index (χ0v) is 28.0. The van der Waals surface area contributed by atoms with Crippen LogP contribution >= 0.6 is 0 Å². The summed E-state index contributed by atoms with van der Waals surface area (Å²) in [4.78, 5) is 0.